The van der Waals surface area contributed by atoms with E-state index in [1.165, 1.54) is 6.20 Å². The second kappa shape index (κ2) is 9.55. The van der Waals surface area contributed by atoms with Crippen molar-refractivity contribution in [2.75, 3.05) is 26.6 Å². The number of nitriles is 1. The molecule has 0 aliphatic heterocycles. The Morgan fingerprint density at radius 1 is 0.879 bits per heavy atom. The molecule has 0 spiro atoms. The first-order valence-corrected chi connectivity index (χ1v) is 10.3. The van der Waals surface area contributed by atoms with Gasteiger partial charge in [-0.25, -0.2) is 0 Å². The molecule has 0 aliphatic carbocycles. The lowest BCUT2D eigenvalue weighted by molar-refractivity contribution is 0.356. The largest absolute Gasteiger partial charge is 0.497 e. The number of hydrogen-bond donors (Lipinski definition) is 1. The summed E-state index contributed by atoms with van der Waals surface area (Å²) in [6.07, 6.45) is 1.50. The lowest BCUT2D eigenvalue weighted by Crippen LogP contribution is -1.99. The van der Waals surface area contributed by atoms with E-state index in [1.807, 2.05) is 18.2 Å². The topological polar surface area (TPSA) is 85.6 Å². The second-order valence-electron chi connectivity index (χ2n) is 6.93. The zero-order chi connectivity index (χ0) is 23.4. The van der Waals surface area contributed by atoms with Crippen LogP contribution < -0.4 is 24.3 Å². The third-order valence-electron chi connectivity index (χ3n) is 4.97. The van der Waals surface area contributed by atoms with Gasteiger partial charge in [0.2, 0.25) is 0 Å². The predicted molar refractivity (Wildman–Crippen MR) is 127 cm³/mol. The van der Waals surface area contributed by atoms with Crippen LogP contribution in [0.2, 0.25) is 5.02 Å². The Morgan fingerprint density at radius 2 is 1.61 bits per heavy atom. The van der Waals surface area contributed by atoms with E-state index in [2.05, 4.69) is 16.4 Å². The summed E-state index contributed by atoms with van der Waals surface area (Å²) in [6.45, 7) is 0. The molecule has 7 nitrogen and oxygen atoms in total. The van der Waals surface area contributed by atoms with Crippen LogP contribution in [0, 0.1) is 11.3 Å². The number of methoxy groups -OCH3 is 3. The van der Waals surface area contributed by atoms with Gasteiger partial charge in [0, 0.05) is 29.8 Å². The summed E-state index contributed by atoms with van der Waals surface area (Å²) >= 11 is 6.55. The highest BCUT2D eigenvalue weighted by Gasteiger charge is 2.15. The molecule has 1 heterocycles. The fourth-order valence-electron chi connectivity index (χ4n) is 3.33. The third kappa shape index (κ3) is 4.56. The molecule has 0 radical (unpaired) electrons. The van der Waals surface area contributed by atoms with Gasteiger partial charge >= 0.3 is 0 Å². The van der Waals surface area contributed by atoms with Crippen LogP contribution in [0.15, 0.2) is 60.8 Å². The Balaban J connectivity index is 1.69. The molecule has 33 heavy (non-hydrogen) atoms. The van der Waals surface area contributed by atoms with Crippen LogP contribution in [0.3, 0.4) is 0 Å². The molecule has 0 unspecified atom stereocenters. The van der Waals surface area contributed by atoms with Gasteiger partial charge in [-0.15, -0.1) is 0 Å². The number of fused-ring (bicyclic) bond motifs is 1. The first kappa shape index (κ1) is 22.1. The number of benzene rings is 3. The minimum atomic E-state index is 0.363. The van der Waals surface area contributed by atoms with E-state index in [0.29, 0.717) is 61.6 Å². The molecular weight excluding hydrogens is 442 g/mol. The van der Waals surface area contributed by atoms with Gasteiger partial charge in [0.1, 0.15) is 23.3 Å². The number of nitrogens with one attached hydrogen (secondary N) is 1. The van der Waals surface area contributed by atoms with Crippen LogP contribution >= 0.6 is 11.6 Å². The van der Waals surface area contributed by atoms with Crippen LogP contribution in [-0.2, 0) is 0 Å². The van der Waals surface area contributed by atoms with Crippen LogP contribution in [0.5, 0.6) is 28.7 Å². The van der Waals surface area contributed by atoms with Crippen molar-refractivity contribution in [2.24, 2.45) is 0 Å². The number of halogens is 1. The zero-order valence-electron chi connectivity index (χ0n) is 18.2. The Morgan fingerprint density at radius 3 is 2.30 bits per heavy atom. The molecular formula is C25H20ClN3O4. The number of aromatic nitrogens is 1. The maximum absolute atomic E-state index is 9.65. The average Bonchev–Trinajstić information content (AvgIpc) is 2.84. The van der Waals surface area contributed by atoms with Crippen molar-refractivity contribution in [3.63, 3.8) is 0 Å². The number of ether oxygens (including phenoxy) is 4. The van der Waals surface area contributed by atoms with Crippen molar-refractivity contribution in [3.8, 4) is 34.8 Å². The van der Waals surface area contributed by atoms with Gasteiger partial charge in [0.05, 0.1) is 48.8 Å². The first-order chi connectivity index (χ1) is 16.1. The van der Waals surface area contributed by atoms with E-state index in [9.17, 15) is 5.26 Å². The number of nitrogens with zero attached hydrogens (tertiary/aromatic N) is 2. The summed E-state index contributed by atoms with van der Waals surface area (Å²) in [5.74, 6) is 2.95. The van der Waals surface area contributed by atoms with Gasteiger partial charge in [-0.1, -0.05) is 17.7 Å². The molecule has 4 rings (SSSR count). The van der Waals surface area contributed by atoms with Gasteiger partial charge in [0.25, 0.3) is 0 Å². The monoisotopic (exact) mass is 461 g/mol. The van der Waals surface area contributed by atoms with E-state index in [4.69, 9.17) is 30.5 Å². The van der Waals surface area contributed by atoms with Crippen molar-refractivity contribution in [1.29, 1.82) is 5.26 Å². The normalized spacial score (nSPS) is 10.4. The fraction of sp³-hybridized carbons (Fsp3) is 0.120. The summed E-state index contributed by atoms with van der Waals surface area (Å²) in [6, 6.07) is 18.3. The van der Waals surface area contributed by atoms with Crippen molar-refractivity contribution >= 4 is 33.9 Å². The third-order valence-corrected chi connectivity index (χ3v) is 5.28. The minimum Gasteiger partial charge on any atom is -0.497 e. The van der Waals surface area contributed by atoms with Gasteiger partial charge in [-0.2, -0.15) is 5.26 Å². The lowest BCUT2D eigenvalue weighted by atomic mass is 10.1. The molecule has 1 N–H and O–H groups in total. The predicted octanol–water partition coefficient (Wildman–Crippen LogP) is 6.32. The van der Waals surface area contributed by atoms with Crippen molar-refractivity contribution in [1.82, 2.24) is 4.98 Å². The molecule has 0 aliphatic rings. The van der Waals surface area contributed by atoms with Crippen LogP contribution in [0.25, 0.3) is 10.9 Å². The Hall–Kier alpha value is -4.15. The van der Waals surface area contributed by atoms with Gasteiger partial charge in [0.15, 0.2) is 11.5 Å². The molecule has 0 bridgehead atoms. The Kier molecular flexibility index (Phi) is 6.38. The summed E-state index contributed by atoms with van der Waals surface area (Å²) in [7, 11) is 4.71. The number of anilines is 2. The van der Waals surface area contributed by atoms with E-state index < -0.39 is 0 Å². The van der Waals surface area contributed by atoms with E-state index >= 15 is 0 Å². The highest BCUT2D eigenvalue weighted by atomic mass is 35.5. The van der Waals surface area contributed by atoms with E-state index in [0.717, 1.165) is 0 Å². The molecule has 4 aromatic rings. The van der Waals surface area contributed by atoms with Crippen LogP contribution in [0.4, 0.5) is 11.4 Å². The molecule has 8 heteroatoms. The van der Waals surface area contributed by atoms with Crippen LogP contribution in [0.1, 0.15) is 5.56 Å². The highest BCUT2D eigenvalue weighted by molar-refractivity contribution is 6.33. The Labute approximate surface area is 196 Å². The molecule has 0 amide bonds. The smallest absolute Gasteiger partial charge is 0.162 e. The van der Waals surface area contributed by atoms with Gasteiger partial charge in [-0.05, 0) is 30.3 Å². The summed E-state index contributed by atoms with van der Waals surface area (Å²) in [4.78, 5) is 4.37. The molecule has 0 atom stereocenters. The molecule has 166 valence electrons. The maximum atomic E-state index is 9.65. The van der Waals surface area contributed by atoms with Crippen molar-refractivity contribution in [2.45, 2.75) is 0 Å². The lowest BCUT2D eigenvalue weighted by Gasteiger charge is -2.15. The second-order valence-corrected chi connectivity index (χ2v) is 7.34. The van der Waals surface area contributed by atoms with E-state index in [-0.39, 0.29) is 0 Å². The quantitative estimate of drug-likeness (QED) is 0.344. The maximum Gasteiger partial charge on any atom is 0.162 e. The first-order valence-electron chi connectivity index (χ1n) is 9.89. The van der Waals surface area contributed by atoms with Gasteiger partial charge in [-0.3, -0.25) is 4.98 Å². The van der Waals surface area contributed by atoms with E-state index in [1.54, 1.807) is 57.7 Å². The number of hydrogen-bond acceptors (Lipinski definition) is 7. The molecule has 0 saturated carbocycles. The van der Waals surface area contributed by atoms with Crippen molar-refractivity contribution < 1.29 is 18.9 Å². The summed E-state index contributed by atoms with van der Waals surface area (Å²) in [5.41, 5.74) is 2.17. The molecule has 3 aromatic carbocycles. The summed E-state index contributed by atoms with van der Waals surface area (Å²) in [5, 5.41) is 14.0. The van der Waals surface area contributed by atoms with Crippen molar-refractivity contribution in [3.05, 3.63) is 71.4 Å². The highest BCUT2D eigenvalue weighted by Crippen LogP contribution is 2.39. The van der Waals surface area contributed by atoms with Gasteiger partial charge < -0.3 is 24.3 Å². The standard InChI is InChI=1S/C25H20ClN3O4/c1-30-16-5-4-6-17(9-16)33-18-7-8-21(20(26)10-18)29-25-15(13-27)14-28-22-12-24(32-3)23(31-2)11-19(22)25/h4-12,14H,1-3H3,(H,28,29). The average molecular weight is 462 g/mol. The Bertz CT molecular complexity index is 1370. The molecule has 0 fully saturated rings. The SMILES string of the molecule is COc1cccc(Oc2ccc(Nc3c(C#N)cnc4cc(OC)c(OC)cc34)c(Cl)c2)c1. The molecule has 1 aromatic heterocycles. The number of rotatable bonds is 7. The zero-order valence-corrected chi connectivity index (χ0v) is 18.9. The number of pyridine rings is 1. The fourth-order valence-corrected chi connectivity index (χ4v) is 3.55. The molecule has 0 saturated heterocycles. The van der Waals surface area contributed by atoms with Crippen LogP contribution in [-0.4, -0.2) is 26.3 Å². The minimum absolute atomic E-state index is 0.363. The summed E-state index contributed by atoms with van der Waals surface area (Å²) < 4.78 is 21.9.